The van der Waals surface area contributed by atoms with Crippen LogP contribution in [0.15, 0.2) is 29.2 Å². The van der Waals surface area contributed by atoms with Crippen LogP contribution in [0.4, 0.5) is 0 Å². The molecule has 0 unspecified atom stereocenters. The highest BCUT2D eigenvalue weighted by molar-refractivity contribution is 7.91. The lowest BCUT2D eigenvalue weighted by atomic mass is 10.4. The summed E-state index contributed by atoms with van der Waals surface area (Å²) in [6.45, 7) is 0. The second kappa shape index (κ2) is 3.93. The van der Waals surface area contributed by atoms with E-state index in [1.54, 1.807) is 0 Å². The fourth-order valence-electron chi connectivity index (χ4n) is 0.855. The van der Waals surface area contributed by atoms with Crippen molar-refractivity contribution < 1.29 is 13.3 Å². The molecule has 0 saturated heterocycles. The van der Waals surface area contributed by atoms with Gasteiger partial charge in [0.2, 0.25) is 9.84 Å². The van der Waals surface area contributed by atoms with Crippen molar-refractivity contribution in [1.29, 1.82) is 0 Å². The predicted octanol–water partition coefficient (Wildman–Crippen LogP) is 1.35. The van der Waals surface area contributed by atoms with E-state index in [0.29, 0.717) is 5.02 Å². The maximum atomic E-state index is 11.3. The smallest absolute Gasteiger partial charge is 0.263 e. The summed E-state index contributed by atoms with van der Waals surface area (Å²) in [6.07, 6.45) is 0. The molecule has 0 saturated carbocycles. The van der Waals surface area contributed by atoms with Gasteiger partial charge < -0.3 is 0 Å². The summed E-state index contributed by atoms with van der Waals surface area (Å²) in [6, 6.07) is 5.21. The Bertz CT molecular complexity index is 439. The fourth-order valence-corrected chi connectivity index (χ4v) is 1.96. The third-order valence-corrected chi connectivity index (χ3v) is 3.24. The van der Waals surface area contributed by atoms with E-state index in [9.17, 15) is 18.5 Å². The first-order valence-electron chi connectivity index (χ1n) is 3.52. The van der Waals surface area contributed by atoms with Gasteiger partial charge in [0, 0.05) is 9.95 Å². The van der Waals surface area contributed by atoms with E-state index >= 15 is 0 Å². The Hall–Kier alpha value is -1.14. The third-order valence-electron chi connectivity index (χ3n) is 1.45. The van der Waals surface area contributed by atoms with Crippen molar-refractivity contribution in [3.05, 3.63) is 39.4 Å². The van der Waals surface area contributed by atoms with Crippen molar-refractivity contribution in [1.82, 2.24) is 0 Å². The van der Waals surface area contributed by atoms with Crippen molar-refractivity contribution in [2.24, 2.45) is 0 Å². The highest BCUT2D eigenvalue weighted by Gasteiger charge is 2.20. The molecule has 0 N–H and O–H groups in total. The van der Waals surface area contributed by atoms with Gasteiger partial charge in [-0.25, -0.2) is 8.42 Å². The van der Waals surface area contributed by atoms with Crippen LogP contribution in [0.2, 0.25) is 5.02 Å². The van der Waals surface area contributed by atoms with Gasteiger partial charge in [0.05, 0.1) is 4.90 Å². The highest BCUT2D eigenvalue weighted by atomic mass is 35.5. The first kappa shape index (κ1) is 10.9. The lowest BCUT2D eigenvalue weighted by molar-refractivity contribution is -0.458. The SMILES string of the molecule is O=[N+]([O-])CS(=O)(=O)c1ccc(Cl)cc1. The molecular formula is C7H6ClNO4S. The van der Waals surface area contributed by atoms with Gasteiger partial charge in [-0.15, -0.1) is 0 Å². The van der Waals surface area contributed by atoms with Crippen LogP contribution in [0.5, 0.6) is 0 Å². The summed E-state index contributed by atoms with van der Waals surface area (Å²) in [4.78, 5) is 9.07. The number of rotatable bonds is 3. The second-order valence-electron chi connectivity index (χ2n) is 2.53. The van der Waals surface area contributed by atoms with Gasteiger partial charge in [0.25, 0.3) is 0 Å². The Morgan fingerprint density at radius 1 is 1.29 bits per heavy atom. The normalized spacial score (nSPS) is 11.2. The molecule has 0 atom stereocenters. The number of sulfone groups is 1. The van der Waals surface area contributed by atoms with Crippen LogP contribution in [-0.2, 0) is 9.84 Å². The van der Waals surface area contributed by atoms with Crippen molar-refractivity contribution in [3.63, 3.8) is 0 Å². The third kappa shape index (κ3) is 2.68. The summed E-state index contributed by atoms with van der Waals surface area (Å²) in [5.74, 6) is -1.10. The molecule has 0 amide bonds. The quantitative estimate of drug-likeness (QED) is 0.585. The summed E-state index contributed by atoms with van der Waals surface area (Å²) in [5, 5.41) is 10.4. The van der Waals surface area contributed by atoms with Crippen LogP contribution in [0.1, 0.15) is 0 Å². The van der Waals surface area contributed by atoms with Gasteiger partial charge in [0.15, 0.2) is 0 Å². The summed E-state index contributed by atoms with van der Waals surface area (Å²) >= 11 is 5.54. The molecule has 1 rings (SSSR count). The minimum absolute atomic E-state index is 0.0985. The molecule has 7 heteroatoms. The van der Waals surface area contributed by atoms with Crippen molar-refractivity contribution in [2.75, 3.05) is 5.88 Å². The summed E-state index contributed by atoms with van der Waals surface area (Å²) in [7, 11) is -3.83. The molecule has 0 fully saturated rings. The molecular weight excluding hydrogens is 230 g/mol. The average molecular weight is 236 g/mol. The average Bonchev–Trinajstić information content (AvgIpc) is 2.02. The number of hydrogen-bond donors (Lipinski definition) is 0. The molecule has 0 aliphatic carbocycles. The standard InChI is InChI=1S/C7H6ClNO4S/c8-6-1-3-7(4-2-6)14(12,13)5-9(10)11/h1-4H,5H2. The van der Waals surface area contributed by atoms with E-state index < -0.39 is 20.6 Å². The molecule has 1 aromatic rings. The Morgan fingerprint density at radius 2 is 1.79 bits per heavy atom. The van der Waals surface area contributed by atoms with Gasteiger partial charge >= 0.3 is 5.88 Å². The molecule has 0 aromatic heterocycles. The van der Waals surface area contributed by atoms with Crippen LogP contribution in [0.3, 0.4) is 0 Å². The van der Waals surface area contributed by atoms with Crippen LogP contribution in [0, 0.1) is 10.1 Å². The molecule has 14 heavy (non-hydrogen) atoms. The monoisotopic (exact) mass is 235 g/mol. The van der Waals surface area contributed by atoms with Gasteiger partial charge in [-0.2, -0.15) is 0 Å². The molecule has 0 aliphatic rings. The van der Waals surface area contributed by atoms with Crippen LogP contribution in [-0.4, -0.2) is 19.2 Å². The largest absolute Gasteiger partial charge is 0.305 e. The van der Waals surface area contributed by atoms with Crippen molar-refractivity contribution >= 4 is 21.4 Å². The fraction of sp³-hybridized carbons (Fsp3) is 0.143. The molecule has 0 spiro atoms. The Morgan fingerprint density at radius 3 is 2.21 bits per heavy atom. The lowest BCUT2D eigenvalue weighted by Crippen LogP contribution is -2.14. The first-order valence-corrected chi connectivity index (χ1v) is 5.55. The number of halogens is 1. The number of nitro groups is 1. The number of nitrogens with zero attached hydrogens (tertiary/aromatic N) is 1. The van der Waals surface area contributed by atoms with Gasteiger partial charge in [-0.1, -0.05) is 11.6 Å². The Kier molecular flexibility index (Phi) is 3.07. The van der Waals surface area contributed by atoms with Gasteiger partial charge in [-0.05, 0) is 24.3 Å². The molecule has 0 bridgehead atoms. The van der Waals surface area contributed by atoms with Crippen molar-refractivity contribution in [2.45, 2.75) is 4.90 Å². The molecule has 76 valence electrons. The first-order chi connectivity index (χ1) is 6.42. The van der Waals surface area contributed by atoms with Gasteiger partial charge in [-0.3, -0.25) is 10.1 Å². The molecule has 0 radical (unpaired) electrons. The van der Waals surface area contributed by atoms with E-state index in [0.717, 1.165) is 0 Å². The zero-order valence-electron chi connectivity index (χ0n) is 6.88. The lowest BCUT2D eigenvalue weighted by Gasteiger charge is -1.98. The maximum absolute atomic E-state index is 11.3. The van der Waals surface area contributed by atoms with Crippen LogP contribution in [0.25, 0.3) is 0 Å². The molecule has 0 heterocycles. The van der Waals surface area contributed by atoms with E-state index in [-0.39, 0.29) is 4.90 Å². The molecule has 0 aliphatic heterocycles. The Balaban J connectivity index is 3.05. The van der Waals surface area contributed by atoms with Gasteiger partial charge in [0.1, 0.15) is 0 Å². The zero-order valence-corrected chi connectivity index (χ0v) is 8.46. The topological polar surface area (TPSA) is 77.3 Å². The van der Waals surface area contributed by atoms with Crippen LogP contribution >= 0.6 is 11.6 Å². The number of hydrogen-bond acceptors (Lipinski definition) is 4. The number of benzene rings is 1. The van der Waals surface area contributed by atoms with Crippen molar-refractivity contribution in [3.8, 4) is 0 Å². The minimum atomic E-state index is -3.83. The van der Waals surface area contributed by atoms with Crippen LogP contribution < -0.4 is 0 Å². The van der Waals surface area contributed by atoms with E-state index in [1.165, 1.54) is 24.3 Å². The predicted molar refractivity (Wildman–Crippen MR) is 50.5 cm³/mol. The highest BCUT2D eigenvalue weighted by Crippen LogP contribution is 2.15. The van der Waals surface area contributed by atoms with E-state index in [2.05, 4.69) is 0 Å². The van der Waals surface area contributed by atoms with E-state index in [4.69, 9.17) is 11.6 Å². The molecule has 5 nitrogen and oxygen atoms in total. The molecule has 1 aromatic carbocycles. The zero-order chi connectivity index (χ0) is 10.8. The Labute approximate surface area is 85.4 Å². The maximum Gasteiger partial charge on any atom is 0.305 e. The summed E-state index contributed by atoms with van der Waals surface area (Å²) < 4.78 is 22.5. The van der Waals surface area contributed by atoms with E-state index in [1.807, 2.05) is 0 Å². The second-order valence-corrected chi connectivity index (χ2v) is 4.93. The summed E-state index contributed by atoms with van der Waals surface area (Å²) in [5.41, 5.74) is 0. The minimum Gasteiger partial charge on any atom is -0.263 e.